The second-order valence-electron chi connectivity index (χ2n) is 4.62. The van der Waals surface area contributed by atoms with E-state index in [2.05, 4.69) is 9.72 Å². The van der Waals surface area contributed by atoms with E-state index in [4.69, 9.17) is 0 Å². The van der Waals surface area contributed by atoms with Crippen molar-refractivity contribution >= 4 is 27.3 Å². The minimum absolute atomic E-state index is 0.152. The molecule has 0 unspecified atom stereocenters. The fourth-order valence-corrected chi connectivity index (χ4v) is 4.31. The zero-order valence-corrected chi connectivity index (χ0v) is 14.3. The van der Waals surface area contributed by atoms with Crippen LogP contribution in [-0.4, -0.2) is 43.1 Å². The SMILES string of the molecule is CCCCS(=O)(=O)N(CCC)Cc1nc(C(=O)OC)cs1. The number of hydrogen-bond donors (Lipinski definition) is 0. The Bertz CT molecular complexity index is 554. The second-order valence-corrected chi connectivity index (χ2v) is 7.65. The highest BCUT2D eigenvalue weighted by atomic mass is 32.2. The Morgan fingerprint density at radius 2 is 2.10 bits per heavy atom. The number of rotatable bonds is 9. The monoisotopic (exact) mass is 334 g/mol. The molecule has 0 atom stereocenters. The molecule has 0 aliphatic rings. The van der Waals surface area contributed by atoms with Crippen molar-refractivity contribution in [3.63, 3.8) is 0 Å². The maximum atomic E-state index is 12.3. The number of nitrogens with zero attached hydrogens (tertiary/aromatic N) is 2. The lowest BCUT2D eigenvalue weighted by molar-refractivity contribution is 0.0594. The van der Waals surface area contributed by atoms with E-state index in [0.717, 1.165) is 12.8 Å². The summed E-state index contributed by atoms with van der Waals surface area (Å²) in [5.74, 6) is -0.355. The van der Waals surface area contributed by atoms with E-state index in [1.807, 2.05) is 13.8 Å². The molecule has 0 fully saturated rings. The summed E-state index contributed by atoms with van der Waals surface area (Å²) in [5, 5.41) is 2.19. The molecule has 0 N–H and O–H groups in total. The molecule has 8 heteroatoms. The molecule has 1 aromatic rings. The summed E-state index contributed by atoms with van der Waals surface area (Å²) in [7, 11) is -1.99. The standard InChI is InChI=1S/C13H22N2O4S2/c1-4-6-8-21(17,18)15(7-5-2)9-12-14-11(10-20-12)13(16)19-3/h10H,4-9H2,1-3H3. The van der Waals surface area contributed by atoms with Gasteiger partial charge in [-0.05, 0) is 12.8 Å². The van der Waals surface area contributed by atoms with E-state index in [1.165, 1.54) is 22.8 Å². The highest BCUT2D eigenvalue weighted by Gasteiger charge is 2.22. The van der Waals surface area contributed by atoms with Crippen LogP contribution in [0.25, 0.3) is 0 Å². The van der Waals surface area contributed by atoms with Gasteiger partial charge in [0.15, 0.2) is 5.69 Å². The van der Waals surface area contributed by atoms with Crippen molar-refractivity contribution in [1.82, 2.24) is 9.29 Å². The first kappa shape index (κ1) is 18.1. The van der Waals surface area contributed by atoms with Crippen molar-refractivity contribution in [3.05, 3.63) is 16.1 Å². The first-order chi connectivity index (χ1) is 9.94. The maximum Gasteiger partial charge on any atom is 0.357 e. The summed E-state index contributed by atoms with van der Waals surface area (Å²) < 4.78 is 30.6. The van der Waals surface area contributed by atoms with Gasteiger partial charge in [-0.1, -0.05) is 20.3 Å². The third-order valence-corrected chi connectivity index (χ3v) is 5.62. The molecule has 120 valence electrons. The number of carbonyl (C=O) groups is 1. The van der Waals surface area contributed by atoms with Crippen LogP contribution in [0.2, 0.25) is 0 Å². The van der Waals surface area contributed by atoms with Gasteiger partial charge in [0.2, 0.25) is 10.0 Å². The number of hydrogen-bond acceptors (Lipinski definition) is 6. The molecule has 0 aromatic carbocycles. The minimum Gasteiger partial charge on any atom is -0.464 e. The van der Waals surface area contributed by atoms with E-state index < -0.39 is 16.0 Å². The topological polar surface area (TPSA) is 76.6 Å². The number of unbranched alkanes of at least 4 members (excludes halogenated alkanes) is 1. The summed E-state index contributed by atoms with van der Waals surface area (Å²) in [4.78, 5) is 15.5. The third kappa shape index (κ3) is 5.37. The predicted molar refractivity (Wildman–Crippen MR) is 82.8 cm³/mol. The molecule has 6 nitrogen and oxygen atoms in total. The molecule has 0 amide bonds. The number of carbonyl (C=O) groups excluding carboxylic acids is 1. The first-order valence-electron chi connectivity index (χ1n) is 6.95. The highest BCUT2D eigenvalue weighted by Crippen LogP contribution is 2.16. The summed E-state index contributed by atoms with van der Waals surface area (Å²) in [6, 6.07) is 0. The van der Waals surface area contributed by atoms with Crippen LogP contribution in [-0.2, 0) is 21.3 Å². The number of methoxy groups -OCH3 is 1. The molecule has 0 bridgehead atoms. The smallest absolute Gasteiger partial charge is 0.357 e. The Kier molecular flexibility index (Phi) is 7.27. The predicted octanol–water partition coefficient (Wildman–Crippen LogP) is 2.27. The fourth-order valence-electron chi connectivity index (χ4n) is 1.75. The molecular weight excluding hydrogens is 312 g/mol. The van der Waals surface area contributed by atoms with E-state index in [-0.39, 0.29) is 18.0 Å². The van der Waals surface area contributed by atoms with Gasteiger partial charge in [-0.2, -0.15) is 4.31 Å². The van der Waals surface area contributed by atoms with E-state index in [1.54, 1.807) is 5.38 Å². The summed E-state index contributed by atoms with van der Waals surface area (Å²) in [5.41, 5.74) is 0.222. The lowest BCUT2D eigenvalue weighted by atomic mass is 10.4. The molecule has 0 aliphatic heterocycles. The van der Waals surface area contributed by atoms with E-state index >= 15 is 0 Å². The van der Waals surface area contributed by atoms with Crippen LogP contribution in [0.1, 0.15) is 48.6 Å². The van der Waals surface area contributed by atoms with Gasteiger partial charge in [0.25, 0.3) is 0 Å². The second kappa shape index (κ2) is 8.45. The van der Waals surface area contributed by atoms with Gasteiger partial charge in [0.05, 0.1) is 19.4 Å². The van der Waals surface area contributed by atoms with Crippen LogP contribution < -0.4 is 0 Å². The molecular formula is C13H22N2O4S2. The van der Waals surface area contributed by atoms with Crippen LogP contribution in [0.5, 0.6) is 0 Å². The summed E-state index contributed by atoms with van der Waals surface area (Å²) in [6.07, 6.45) is 2.22. The average molecular weight is 334 g/mol. The highest BCUT2D eigenvalue weighted by molar-refractivity contribution is 7.89. The molecule has 0 aliphatic carbocycles. The Morgan fingerprint density at radius 1 is 1.38 bits per heavy atom. The van der Waals surface area contributed by atoms with Crippen LogP contribution >= 0.6 is 11.3 Å². The minimum atomic E-state index is -3.28. The van der Waals surface area contributed by atoms with Crippen LogP contribution in [0.4, 0.5) is 0 Å². The van der Waals surface area contributed by atoms with Crippen molar-refractivity contribution in [2.45, 2.75) is 39.7 Å². The van der Waals surface area contributed by atoms with E-state index in [0.29, 0.717) is 18.0 Å². The zero-order valence-electron chi connectivity index (χ0n) is 12.7. The van der Waals surface area contributed by atoms with Crippen molar-refractivity contribution in [3.8, 4) is 0 Å². The molecule has 0 saturated carbocycles. The largest absolute Gasteiger partial charge is 0.464 e. The van der Waals surface area contributed by atoms with Gasteiger partial charge in [-0.15, -0.1) is 11.3 Å². The van der Waals surface area contributed by atoms with Crippen molar-refractivity contribution < 1.29 is 17.9 Å². The molecule has 1 rings (SSSR count). The summed E-state index contributed by atoms with van der Waals surface area (Å²) >= 11 is 1.27. The van der Waals surface area contributed by atoms with Crippen LogP contribution in [0.3, 0.4) is 0 Å². The molecule has 0 spiro atoms. The molecule has 1 heterocycles. The van der Waals surface area contributed by atoms with Gasteiger partial charge >= 0.3 is 5.97 Å². The third-order valence-electron chi connectivity index (χ3n) is 2.88. The van der Waals surface area contributed by atoms with Gasteiger partial charge in [-0.3, -0.25) is 0 Å². The average Bonchev–Trinajstić information content (AvgIpc) is 2.92. The Labute approximate surface area is 130 Å². The first-order valence-corrected chi connectivity index (χ1v) is 9.44. The number of aromatic nitrogens is 1. The van der Waals surface area contributed by atoms with Gasteiger partial charge in [0, 0.05) is 11.9 Å². The van der Waals surface area contributed by atoms with Gasteiger partial charge < -0.3 is 4.74 Å². The fraction of sp³-hybridized carbons (Fsp3) is 0.692. The summed E-state index contributed by atoms with van der Waals surface area (Å²) in [6.45, 7) is 4.56. The van der Waals surface area contributed by atoms with Crippen molar-refractivity contribution in [2.24, 2.45) is 0 Å². The lowest BCUT2D eigenvalue weighted by Gasteiger charge is -2.20. The van der Waals surface area contributed by atoms with Crippen LogP contribution in [0, 0.1) is 0 Å². The quantitative estimate of drug-likeness (QED) is 0.648. The van der Waals surface area contributed by atoms with Gasteiger partial charge in [0.1, 0.15) is 5.01 Å². The molecule has 0 radical (unpaired) electrons. The zero-order chi connectivity index (χ0) is 15.9. The Hall–Kier alpha value is -0.990. The Balaban J connectivity index is 2.83. The van der Waals surface area contributed by atoms with Gasteiger partial charge in [-0.25, -0.2) is 18.2 Å². The Morgan fingerprint density at radius 3 is 2.67 bits per heavy atom. The number of ether oxygens (including phenoxy) is 1. The van der Waals surface area contributed by atoms with Crippen molar-refractivity contribution in [2.75, 3.05) is 19.4 Å². The number of sulfonamides is 1. The lowest BCUT2D eigenvalue weighted by Crippen LogP contribution is -2.33. The molecule has 1 aromatic heterocycles. The van der Waals surface area contributed by atoms with Crippen molar-refractivity contribution in [1.29, 1.82) is 0 Å². The maximum absolute atomic E-state index is 12.3. The van der Waals surface area contributed by atoms with E-state index in [9.17, 15) is 13.2 Å². The molecule has 21 heavy (non-hydrogen) atoms. The molecule has 0 saturated heterocycles. The normalized spacial score (nSPS) is 11.8. The van der Waals surface area contributed by atoms with Crippen LogP contribution in [0.15, 0.2) is 5.38 Å². The number of esters is 1. The number of thiazole rings is 1.